The fourth-order valence-corrected chi connectivity index (χ4v) is 3.33. The first-order valence-corrected chi connectivity index (χ1v) is 8.40. The van der Waals surface area contributed by atoms with Crippen LogP contribution in [-0.4, -0.2) is 20.9 Å². The van der Waals surface area contributed by atoms with Gasteiger partial charge in [-0.15, -0.1) is 0 Å². The number of unbranched alkanes of at least 4 members (excludes halogenated alkanes) is 6. The van der Waals surface area contributed by atoms with Gasteiger partial charge in [0.2, 0.25) is 0 Å². The van der Waals surface area contributed by atoms with Gasteiger partial charge in [0, 0.05) is 5.75 Å². The third kappa shape index (κ3) is 7.17. The second kappa shape index (κ2) is 10.0. The Hall–Kier alpha value is -0.160. The Morgan fingerprint density at radius 1 is 1.12 bits per heavy atom. The molecule has 0 aliphatic heterocycles. The Kier molecular flexibility index (Phi) is 8.71. The van der Waals surface area contributed by atoms with Gasteiger partial charge >= 0.3 is 0 Å². The molecule has 0 spiro atoms. The van der Waals surface area contributed by atoms with E-state index in [1.165, 1.54) is 50.7 Å². The van der Waals surface area contributed by atoms with Gasteiger partial charge < -0.3 is 0 Å². The van der Waals surface area contributed by atoms with Crippen LogP contribution >= 0.6 is 21.6 Å². The summed E-state index contributed by atoms with van der Waals surface area (Å²) < 4.78 is 0. The van der Waals surface area contributed by atoms with Crippen molar-refractivity contribution in [1.29, 1.82) is 0 Å². The van der Waals surface area contributed by atoms with Gasteiger partial charge in [-0.05, 0) is 17.2 Å². The molecule has 16 heavy (non-hydrogen) atoms. The molecule has 0 fully saturated rings. The van der Waals surface area contributed by atoms with E-state index in [2.05, 4.69) is 22.1 Å². The van der Waals surface area contributed by atoms with Crippen LogP contribution in [0, 0.1) is 0 Å². The number of nitrogens with one attached hydrogen (secondary N) is 1. The predicted molar refractivity (Wildman–Crippen MR) is 72.7 cm³/mol. The SMILES string of the molecule is CCCCCCCCCSSc1ncn[nH]1. The van der Waals surface area contributed by atoms with Crippen molar-refractivity contribution in [2.24, 2.45) is 0 Å². The third-order valence-electron chi connectivity index (χ3n) is 2.36. The average Bonchev–Trinajstić information content (AvgIpc) is 2.80. The molecule has 92 valence electrons. The van der Waals surface area contributed by atoms with Crippen molar-refractivity contribution in [3.05, 3.63) is 6.33 Å². The lowest BCUT2D eigenvalue weighted by molar-refractivity contribution is 0.604. The van der Waals surface area contributed by atoms with E-state index in [-0.39, 0.29) is 0 Å². The lowest BCUT2D eigenvalue weighted by Crippen LogP contribution is -1.81. The van der Waals surface area contributed by atoms with Crippen molar-refractivity contribution in [3.63, 3.8) is 0 Å². The van der Waals surface area contributed by atoms with Crippen molar-refractivity contribution in [2.45, 2.75) is 57.0 Å². The van der Waals surface area contributed by atoms with E-state index in [4.69, 9.17) is 0 Å². The Morgan fingerprint density at radius 2 is 1.88 bits per heavy atom. The monoisotopic (exact) mass is 259 g/mol. The van der Waals surface area contributed by atoms with Crippen LogP contribution in [0.25, 0.3) is 0 Å². The summed E-state index contributed by atoms with van der Waals surface area (Å²) in [5, 5.41) is 7.56. The summed E-state index contributed by atoms with van der Waals surface area (Å²) in [7, 11) is 3.55. The standard InChI is InChI=1S/C11H21N3S2/c1-2-3-4-5-6-7-8-9-15-16-11-12-10-13-14-11/h10H,2-9H2,1H3,(H,12,13,14). The first kappa shape index (κ1) is 13.9. The van der Waals surface area contributed by atoms with Gasteiger partial charge in [0.05, 0.1) is 0 Å². The van der Waals surface area contributed by atoms with Crippen LogP contribution in [0.1, 0.15) is 51.9 Å². The zero-order valence-electron chi connectivity index (χ0n) is 9.95. The first-order valence-electron chi connectivity index (χ1n) is 6.08. The molecule has 0 bridgehead atoms. The van der Waals surface area contributed by atoms with Crippen LogP contribution < -0.4 is 0 Å². The van der Waals surface area contributed by atoms with Crippen molar-refractivity contribution in [1.82, 2.24) is 15.2 Å². The van der Waals surface area contributed by atoms with E-state index < -0.39 is 0 Å². The van der Waals surface area contributed by atoms with E-state index in [0.717, 1.165) is 5.16 Å². The fourth-order valence-electron chi connectivity index (χ4n) is 1.45. The van der Waals surface area contributed by atoms with Crippen molar-refractivity contribution < 1.29 is 0 Å². The molecule has 5 heteroatoms. The van der Waals surface area contributed by atoms with E-state index in [1.54, 1.807) is 17.1 Å². The highest BCUT2D eigenvalue weighted by atomic mass is 33.1. The van der Waals surface area contributed by atoms with Gasteiger partial charge in [0.1, 0.15) is 6.33 Å². The zero-order chi connectivity index (χ0) is 11.5. The molecule has 0 saturated heterocycles. The van der Waals surface area contributed by atoms with Crippen LogP contribution in [0.4, 0.5) is 0 Å². The molecule has 0 saturated carbocycles. The number of hydrogen-bond donors (Lipinski definition) is 1. The maximum Gasteiger partial charge on any atom is 0.194 e. The number of aromatic amines is 1. The van der Waals surface area contributed by atoms with Crippen LogP contribution in [0.2, 0.25) is 0 Å². The largest absolute Gasteiger partial charge is 0.254 e. The zero-order valence-corrected chi connectivity index (χ0v) is 11.6. The summed E-state index contributed by atoms with van der Waals surface area (Å²) in [6.07, 6.45) is 11.2. The molecule has 1 aromatic heterocycles. The lowest BCUT2D eigenvalue weighted by atomic mass is 10.1. The Morgan fingerprint density at radius 3 is 2.56 bits per heavy atom. The third-order valence-corrected chi connectivity index (χ3v) is 4.62. The maximum absolute atomic E-state index is 4.06. The van der Waals surface area contributed by atoms with Crippen LogP contribution in [0.15, 0.2) is 11.5 Å². The van der Waals surface area contributed by atoms with Crippen molar-refractivity contribution in [3.8, 4) is 0 Å². The fraction of sp³-hybridized carbons (Fsp3) is 0.818. The van der Waals surface area contributed by atoms with Crippen LogP contribution in [0.5, 0.6) is 0 Å². The summed E-state index contributed by atoms with van der Waals surface area (Å²) >= 11 is 0. The van der Waals surface area contributed by atoms with E-state index in [9.17, 15) is 0 Å². The van der Waals surface area contributed by atoms with Crippen LogP contribution in [-0.2, 0) is 0 Å². The minimum Gasteiger partial charge on any atom is -0.254 e. The second-order valence-electron chi connectivity index (χ2n) is 3.82. The number of nitrogens with zero attached hydrogens (tertiary/aromatic N) is 2. The first-order chi connectivity index (χ1) is 7.93. The van der Waals surface area contributed by atoms with E-state index in [0.29, 0.717) is 0 Å². The topological polar surface area (TPSA) is 41.6 Å². The van der Waals surface area contributed by atoms with Crippen molar-refractivity contribution in [2.75, 3.05) is 5.75 Å². The number of aromatic nitrogens is 3. The normalized spacial score (nSPS) is 10.8. The number of rotatable bonds is 10. The molecular weight excluding hydrogens is 238 g/mol. The van der Waals surface area contributed by atoms with Crippen molar-refractivity contribution >= 4 is 21.6 Å². The highest BCUT2D eigenvalue weighted by molar-refractivity contribution is 8.76. The maximum atomic E-state index is 4.06. The molecule has 0 atom stereocenters. The highest BCUT2D eigenvalue weighted by Gasteiger charge is 1.97. The molecular formula is C11H21N3S2. The molecule has 0 amide bonds. The Balaban J connectivity index is 1.78. The summed E-state index contributed by atoms with van der Waals surface area (Å²) in [6, 6.07) is 0. The summed E-state index contributed by atoms with van der Waals surface area (Å²) in [4.78, 5) is 4.06. The smallest absolute Gasteiger partial charge is 0.194 e. The number of H-pyrrole nitrogens is 1. The Labute approximate surface area is 106 Å². The van der Waals surface area contributed by atoms with Gasteiger partial charge in [-0.2, -0.15) is 5.10 Å². The lowest BCUT2D eigenvalue weighted by Gasteiger charge is -2.00. The second-order valence-corrected chi connectivity index (χ2v) is 6.22. The summed E-state index contributed by atoms with van der Waals surface area (Å²) in [5.74, 6) is 1.21. The average molecular weight is 259 g/mol. The molecule has 1 aromatic rings. The number of hydrogen-bond acceptors (Lipinski definition) is 4. The Bertz CT molecular complexity index is 239. The predicted octanol–water partition coefficient (Wildman–Crippen LogP) is 4.30. The van der Waals surface area contributed by atoms with Gasteiger partial charge in [-0.1, -0.05) is 56.2 Å². The molecule has 1 N–H and O–H groups in total. The van der Waals surface area contributed by atoms with Gasteiger partial charge in [0.15, 0.2) is 5.16 Å². The van der Waals surface area contributed by atoms with Gasteiger partial charge in [0.25, 0.3) is 0 Å². The minimum absolute atomic E-state index is 0.910. The molecule has 0 aliphatic carbocycles. The minimum atomic E-state index is 0.910. The molecule has 0 unspecified atom stereocenters. The van der Waals surface area contributed by atoms with E-state index in [1.807, 2.05) is 10.8 Å². The van der Waals surface area contributed by atoms with Gasteiger partial charge in [-0.25, -0.2) is 4.98 Å². The van der Waals surface area contributed by atoms with Gasteiger partial charge in [-0.3, -0.25) is 5.10 Å². The molecule has 0 aliphatic rings. The quantitative estimate of drug-likeness (QED) is 0.502. The molecule has 3 nitrogen and oxygen atoms in total. The summed E-state index contributed by atoms with van der Waals surface area (Å²) in [5.41, 5.74) is 0. The van der Waals surface area contributed by atoms with E-state index >= 15 is 0 Å². The molecule has 1 heterocycles. The van der Waals surface area contributed by atoms with Crippen LogP contribution in [0.3, 0.4) is 0 Å². The molecule has 0 radical (unpaired) electrons. The highest BCUT2D eigenvalue weighted by Crippen LogP contribution is 2.28. The molecule has 0 aromatic carbocycles. The summed E-state index contributed by atoms with van der Waals surface area (Å²) in [6.45, 7) is 2.26. The molecule has 1 rings (SSSR count).